The van der Waals surface area contributed by atoms with E-state index in [4.69, 9.17) is 9.47 Å². The predicted molar refractivity (Wildman–Crippen MR) is 81.2 cm³/mol. The molecule has 2 rings (SSSR count). The van der Waals surface area contributed by atoms with Crippen LogP contribution in [0.1, 0.15) is 30.4 Å². The Morgan fingerprint density at radius 3 is 2.23 bits per heavy atom. The summed E-state index contributed by atoms with van der Waals surface area (Å²) >= 11 is 0. The molecular formula is C15H21ClF3NO2. The van der Waals surface area contributed by atoms with Gasteiger partial charge in [-0.3, -0.25) is 0 Å². The molecule has 1 N–H and O–H groups in total. The van der Waals surface area contributed by atoms with Gasteiger partial charge in [0.15, 0.2) is 0 Å². The van der Waals surface area contributed by atoms with Crippen molar-refractivity contribution in [3.05, 3.63) is 23.3 Å². The molecule has 0 bridgehead atoms. The zero-order valence-corrected chi connectivity index (χ0v) is 13.6. The second-order valence-corrected chi connectivity index (χ2v) is 5.49. The average molecular weight is 340 g/mol. The van der Waals surface area contributed by atoms with Gasteiger partial charge in [-0.15, -0.1) is 12.4 Å². The van der Waals surface area contributed by atoms with E-state index in [0.29, 0.717) is 5.92 Å². The molecule has 1 aliphatic rings. The van der Waals surface area contributed by atoms with Crippen molar-refractivity contribution in [2.24, 2.45) is 5.92 Å². The lowest BCUT2D eigenvalue weighted by molar-refractivity contribution is -0.138. The molecule has 0 amide bonds. The van der Waals surface area contributed by atoms with Crippen LogP contribution < -0.4 is 14.8 Å². The first-order chi connectivity index (χ1) is 9.86. The van der Waals surface area contributed by atoms with E-state index in [0.717, 1.165) is 31.1 Å². The van der Waals surface area contributed by atoms with Crippen LogP contribution in [-0.2, 0) is 6.18 Å². The molecule has 3 nitrogen and oxygen atoms in total. The maximum absolute atomic E-state index is 13.0. The molecule has 1 aromatic rings. The number of hydrogen-bond donors (Lipinski definition) is 1. The lowest BCUT2D eigenvalue weighted by atomic mass is 9.85. The fraction of sp³-hybridized carbons (Fsp3) is 0.600. The average Bonchev–Trinajstić information content (AvgIpc) is 2.44. The van der Waals surface area contributed by atoms with Crippen LogP contribution in [0.25, 0.3) is 0 Å². The van der Waals surface area contributed by atoms with Crippen LogP contribution in [-0.4, -0.2) is 27.3 Å². The van der Waals surface area contributed by atoms with Gasteiger partial charge in [-0.1, -0.05) is 6.92 Å². The Bertz CT molecular complexity index is 508. The van der Waals surface area contributed by atoms with Gasteiger partial charge in [-0.25, -0.2) is 0 Å². The van der Waals surface area contributed by atoms with E-state index in [1.54, 1.807) is 0 Å². The van der Waals surface area contributed by atoms with Gasteiger partial charge in [0.2, 0.25) is 0 Å². The Morgan fingerprint density at radius 2 is 1.73 bits per heavy atom. The van der Waals surface area contributed by atoms with E-state index >= 15 is 0 Å². The van der Waals surface area contributed by atoms with Crippen molar-refractivity contribution in [1.82, 2.24) is 5.32 Å². The maximum Gasteiger partial charge on any atom is 0.420 e. The van der Waals surface area contributed by atoms with Crippen molar-refractivity contribution in [2.75, 3.05) is 27.3 Å². The minimum Gasteiger partial charge on any atom is -0.496 e. The van der Waals surface area contributed by atoms with Gasteiger partial charge in [-0.05, 0) is 31.0 Å². The number of alkyl halides is 3. The molecule has 1 aromatic carbocycles. The van der Waals surface area contributed by atoms with Crippen LogP contribution in [0.15, 0.2) is 12.1 Å². The molecule has 0 spiro atoms. The SMILES string of the molecule is COc1cc(C(F)(F)F)c(OC)cc1[C@@H]1CNC[C@@H](C)C1.Cl. The summed E-state index contributed by atoms with van der Waals surface area (Å²) in [5.74, 6) is 0.710. The van der Waals surface area contributed by atoms with Crippen molar-refractivity contribution in [3.63, 3.8) is 0 Å². The molecule has 1 aliphatic heterocycles. The maximum atomic E-state index is 13.0. The van der Waals surface area contributed by atoms with E-state index < -0.39 is 11.7 Å². The molecule has 0 saturated carbocycles. The molecule has 22 heavy (non-hydrogen) atoms. The highest BCUT2D eigenvalue weighted by Crippen LogP contribution is 2.43. The lowest BCUT2D eigenvalue weighted by Crippen LogP contribution is -2.34. The fourth-order valence-corrected chi connectivity index (χ4v) is 2.86. The zero-order chi connectivity index (χ0) is 15.6. The first-order valence-electron chi connectivity index (χ1n) is 6.90. The molecule has 2 atom stereocenters. The largest absolute Gasteiger partial charge is 0.496 e. The summed E-state index contributed by atoms with van der Waals surface area (Å²) in [7, 11) is 2.65. The van der Waals surface area contributed by atoms with Gasteiger partial charge in [0, 0.05) is 18.0 Å². The molecule has 7 heteroatoms. The van der Waals surface area contributed by atoms with Crippen molar-refractivity contribution >= 4 is 12.4 Å². The number of ether oxygens (including phenoxy) is 2. The van der Waals surface area contributed by atoms with Crippen molar-refractivity contribution in [3.8, 4) is 11.5 Å². The van der Waals surface area contributed by atoms with Crippen LogP contribution in [0.4, 0.5) is 13.2 Å². The van der Waals surface area contributed by atoms with Crippen molar-refractivity contribution in [2.45, 2.75) is 25.4 Å². The number of halogens is 4. The topological polar surface area (TPSA) is 30.5 Å². The molecule has 126 valence electrons. The third-order valence-corrected chi connectivity index (χ3v) is 3.87. The summed E-state index contributed by atoms with van der Waals surface area (Å²) in [6.45, 7) is 3.78. The third kappa shape index (κ3) is 3.98. The van der Waals surface area contributed by atoms with Crippen LogP contribution in [0.3, 0.4) is 0 Å². The zero-order valence-electron chi connectivity index (χ0n) is 12.8. The number of hydrogen-bond acceptors (Lipinski definition) is 3. The second kappa shape index (κ2) is 7.42. The van der Waals surface area contributed by atoms with Gasteiger partial charge >= 0.3 is 6.18 Å². The first-order valence-corrected chi connectivity index (χ1v) is 6.90. The number of piperidine rings is 1. The highest BCUT2D eigenvalue weighted by atomic mass is 35.5. The monoisotopic (exact) mass is 339 g/mol. The van der Waals surface area contributed by atoms with E-state index in [1.807, 2.05) is 0 Å². The Hall–Kier alpha value is -1.14. The van der Waals surface area contributed by atoms with E-state index in [9.17, 15) is 13.2 Å². The highest BCUT2D eigenvalue weighted by molar-refractivity contribution is 5.85. The number of rotatable bonds is 3. The van der Waals surface area contributed by atoms with Crippen LogP contribution in [0.2, 0.25) is 0 Å². The summed E-state index contributed by atoms with van der Waals surface area (Å²) in [4.78, 5) is 0. The quantitative estimate of drug-likeness (QED) is 0.907. The molecule has 1 saturated heterocycles. The first kappa shape index (κ1) is 18.9. The van der Waals surface area contributed by atoms with E-state index in [1.165, 1.54) is 20.3 Å². The van der Waals surface area contributed by atoms with Crippen LogP contribution in [0.5, 0.6) is 11.5 Å². The van der Waals surface area contributed by atoms with Gasteiger partial charge in [-0.2, -0.15) is 13.2 Å². The summed E-state index contributed by atoms with van der Waals surface area (Å²) < 4.78 is 49.2. The van der Waals surface area contributed by atoms with Gasteiger partial charge < -0.3 is 14.8 Å². The normalized spacial score (nSPS) is 21.9. The Balaban J connectivity index is 0.00000242. The molecule has 0 unspecified atom stereocenters. The molecule has 1 heterocycles. The minimum absolute atomic E-state index is 0. The smallest absolute Gasteiger partial charge is 0.420 e. The molecule has 0 aromatic heterocycles. The van der Waals surface area contributed by atoms with Crippen molar-refractivity contribution < 1.29 is 22.6 Å². The van der Waals surface area contributed by atoms with E-state index in [2.05, 4.69) is 12.2 Å². The molecule has 0 radical (unpaired) electrons. The minimum atomic E-state index is -4.46. The van der Waals surface area contributed by atoms with E-state index in [-0.39, 0.29) is 29.8 Å². The number of benzene rings is 1. The van der Waals surface area contributed by atoms with Crippen LogP contribution >= 0.6 is 12.4 Å². The van der Waals surface area contributed by atoms with Gasteiger partial charge in [0.1, 0.15) is 17.1 Å². The molecular weight excluding hydrogens is 319 g/mol. The lowest BCUT2D eigenvalue weighted by Gasteiger charge is -2.29. The molecule has 1 fully saturated rings. The fourth-order valence-electron chi connectivity index (χ4n) is 2.86. The Kier molecular flexibility index (Phi) is 6.38. The Morgan fingerprint density at radius 1 is 1.09 bits per heavy atom. The van der Waals surface area contributed by atoms with Crippen LogP contribution in [0, 0.1) is 5.92 Å². The summed E-state index contributed by atoms with van der Waals surface area (Å²) in [6, 6.07) is 2.50. The van der Waals surface area contributed by atoms with Gasteiger partial charge in [0.25, 0.3) is 0 Å². The number of nitrogens with one attached hydrogen (secondary N) is 1. The second-order valence-electron chi connectivity index (χ2n) is 5.49. The molecule has 0 aliphatic carbocycles. The highest BCUT2D eigenvalue weighted by Gasteiger charge is 2.36. The number of methoxy groups -OCH3 is 2. The summed E-state index contributed by atoms with van der Waals surface area (Å²) in [5.41, 5.74) is -0.0381. The van der Waals surface area contributed by atoms with Gasteiger partial charge in [0.05, 0.1) is 14.2 Å². The summed E-state index contributed by atoms with van der Waals surface area (Å²) in [6.07, 6.45) is -3.55. The third-order valence-electron chi connectivity index (χ3n) is 3.87. The standard InChI is InChI=1S/C15H20F3NO2.ClH/c1-9-4-10(8-19-7-9)11-5-14(21-3)12(15(16,17)18)6-13(11)20-2;/h5-6,9-10,19H,4,7-8H2,1-3H3;1H/t9-,10-;/m0./s1. The predicted octanol–water partition coefficient (Wildman–Crippen LogP) is 3.86. The van der Waals surface area contributed by atoms with Crippen molar-refractivity contribution in [1.29, 1.82) is 0 Å². The Labute approximate surface area is 134 Å². The summed E-state index contributed by atoms with van der Waals surface area (Å²) in [5, 5.41) is 3.30.